The summed E-state index contributed by atoms with van der Waals surface area (Å²) >= 11 is 0. The number of likely N-dealkylation sites (tertiary alicyclic amines) is 1. The molecule has 1 saturated heterocycles. The first kappa shape index (κ1) is 35.5. The minimum absolute atomic E-state index is 0.0444. The molecule has 2 aromatic rings. The number of methoxy groups -OCH3 is 1. The Labute approximate surface area is 279 Å². The van der Waals surface area contributed by atoms with E-state index < -0.39 is 0 Å². The second-order valence-corrected chi connectivity index (χ2v) is 14.3. The van der Waals surface area contributed by atoms with Gasteiger partial charge in [-0.3, -0.25) is 14.0 Å². The molecule has 1 aromatic carbocycles. The van der Waals surface area contributed by atoms with E-state index >= 15 is 0 Å². The lowest BCUT2D eigenvalue weighted by Crippen LogP contribution is -2.48. The largest absolute Gasteiger partial charge is 0.461 e. The zero-order chi connectivity index (χ0) is 33.3. The molecule has 2 aliphatic carbocycles. The van der Waals surface area contributed by atoms with Gasteiger partial charge in [-0.15, -0.1) is 0 Å². The van der Waals surface area contributed by atoms with Crippen molar-refractivity contribution >= 4 is 28.6 Å². The van der Waals surface area contributed by atoms with E-state index in [4.69, 9.17) is 14.2 Å². The Bertz CT molecular complexity index is 1350. The van der Waals surface area contributed by atoms with Crippen LogP contribution in [0.15, 0.2) is 24.3 Å². The number of alkyl halides is 1. The summed E-state index contributed by atoms with van der Waals surface area (Å²) in [6, 6.07) is 7.38. The molecule has 47 heavy (non-hydrogen) atoms. The van der Waals surface area contributed by atoms with Gasteiger partial charge >= 0.3 is 5.97 Å². The first-order valence-corrected chi connectivity index (χ1v) is 18.0. The summed E-state index contributed by atoms with van der Waals surface area (Å²) in [5.74, 6) is 0.882. The van der Waals surface area contributed by atoms with Gasteiger partial charge in [0.2, 0.25) is 5.91 Å². The molecular weight excluding hydrogens is 599 g/mol. The van der Waals surface area contributed by atoms with Gasteiger partial charge in [0, 0.05) is 57.0 Å². The summed E-state index contributed by atoms with van der Waals surface area (Å²) in [5, 5.41) is 0.884. The third-order valence-corrected chi connectivity index (χ3v) is 11.3. The van der Waals surface area contributed by atoms with Crippen molar-refractivity contribution in [1.29, 1.82) is 0 Å². The van der Waals surface area contributed by atoms with E-state index in [1.165, 1.54) is 19.3 Å². The molecule has 3 atom stereocenters. The number of benzene rings is 1. The number of hydrogen-bond donors (Lipinski definition) is 0. The number of fused-ring (bicyclic) bond motifs is 1. The zero-order valence-corrected chi connectivity index (χ0v) is 28.7. The fourth-order valence-corrected chi connectivity index (χ4v) is 8.48. The van der Waals surface area contributed by atoms with Crippen molar-refractivity contribution < 1.29 is 33.0 Å². The molecule has 0 unspecified atom stereocenters. The molecule has 260 valence electrons. The monoisotopic (exact) mass is 654 g/mol. The summed E-state index contributed by atoms with van der Waals surface area (Å²) in [5.41, 5.74) is 2.25. The van der Waals surface area contributed by atoms with Crippen molar-refractivity contribution in [2.24, 2.45) is 36.6 Å². The number of nitrogens with zero attached hydrogens (tertiary/aromatic N) is 2. The summed E-state index contributed by atoms with van der Waals surface area (Å²) in [6.45, 7) is 4.13. The molecule has 2 saturated carbocycles. The average molecular weight is 655 g/mol. The summed E-state index contributed by atoms with van der Waals surface area (Å²) in [7, 11) is 3.47. The molecule has 5 rings (SSSR count). The number of ether oxygens (including phenoxy) is 3. The smallest absolute Gasteiger partial charge is 0.354 e. The third-order valence-electron chi connectivity index (χ3n) is 11.3. The standard InChI is InChI=1S/C38H55FN2O6/c1-26(25-39)28-11-13-30(14-12-28)37(43)41-17-16-32(29-8-5-4-6-9-29)36(41)35(42)23-27-10-15-33-31(22-27)24-34(40(33)2)38(44)47-19-7-18-46-21-20-45-3/h10,15,22,24,26,28-30,32,36H,4-9,11-14,16-21,23,25H2,1-3H3/t26-,28?,30?,32+,36+/m1/s1. The van der Waals surface area contributed by atoms with Crippen LogP contribution in [0.5, 0.6) is 0 Å². The molecule has 3 aliphatic rings. The Kier molecular flexibility index (Phi) is 12.9. The number of amides is 1. The highest BCUT2D eigenvalue weighted by molar-refractivity contribution is 5.97. The minimum Gasteiger partial charge on any atom is -0.461 e. The number of hydrogen-bond acceptors (Lipinski definition) is 6. The second-order valence-electron chi connectivity index (χ2n) is 14.3. The number of aromatic nitrogens is 1. The highest BCUT2D eigenvalue weighted by atomic mass is 19.1. The lowest BCUT2D eigenvalue weighted by molar-refractivity contribution is -0.143. The number of halogens is 1. The topological polar surface area (TPSA) is 87.1 Å². The van der Waals surface area contributed by atoms with Crippen LogP contribution in [-0.4, -0.2) is 79.9 Å². The van der Waals surface area contributed by atoms with Gasteiger partial charge in [-0.1, -0.05) is 45.1 Å². The van der Waals surface area contributed by atoms with Crippen LogP contribution >= 0.6 is 0 Å². The number of Topliss-reactive ketones (excluding diaryl/α,β-unsaturated/α-hetero) is 1. The van der Waals surface area contributed by atoms with E-state index in [2.05, 4.69) is 0 Å². The average Bonchev–Trinajstić information content (AvgIpc) is 3.69. The summed E-state index contributed by atoms with van der Waals surface area (Å²) < 4.78 is 31.1. The molecule has 1 aromatic heterocycles. The van der Waals surface area contributed by atoms with Gasteiger partial charge in [0.05, 0.1) is 32.5 Å². The highest BCUT2D eigenvalue weighted by Crippen LogP contribution is 2.42. The van der Waals surface area contributed by atoms with Crippen molar-refractivity contribution in [3.05, 3.63) is 35.5 Å². The number of carbonyl (C=O) groups is 3. The molecule has 8 nitrogen and oxygen atoms in total. The van der Waals surface area contributed by atoms with E-state index in [-0.39, 0.29) is 61.2 Å². The highest BCUT2D eigenvalue weighted by Gasteiger charge is 2.46. The maximum Gasteiger partial charge on any atom is 0.354 e. The van der Waals surface area contributed by atoms with Gasteiger partial charge < -0.3 is 23.7 Å². The molecule has 0 radical (unpaired) electrons. The molecule has 0 bridgehead atoms. The molecule has 2 heterocycles. The van der Waals surface area contributed by atoms with Crippen LogP contribution in [0.4, 0.5) is 4.39 Å². The van der Waals surface area contributed by atoms with Crippen LogP contribution in [0.2, 0.25) is 0 Å². The van der Waals surface area contributed by atoms with E-state index in [9.17, 15) is 18.8 Å². The number of rotatable bonds is 15. The van der Waals surface area contributed by atoms with E-state index in [0.717, 1.165) is 61.4 Å². The Morgan fingerprint density at radius 2 is 1.70 bits per heavy atom. The first-order valence-electron chi connectivity index (χ1n) is 18.0. The molecule has 1 aliphatic heterocycles. The van der Waals surface area contributed by atoms with Gasteiger partial charge in [0.25, 0.3) is 0 Å². The van der Waals surface area contributed by atoms with Crippen LogP contribution in [0.1, 0.15) is 93.6 Å². The fraction of sp³-hybridized carbons (Fsp3) is 0.711. The van der Waals surface area contributed by atoms with Crippen LogP contribution in [0.3, 0.4) is 0 Å². The van der Waals surface area contributed by atoms with E-state index in [1.807, 2.05) is 47.7 Å². The maximum absolute atomic E-state index is 14.3. The molecule has 3 fully saturated rings. The zero-order valence-electron chi connectivity index (χ0n) is 28.7. The number of esters is 1. The lowest BCUT2D eigenvalue weighted by Gasteiger charge is -2.37. The summed E-state index contributed by atoms with van der Waals surface area (Å²) in [4.78, 5) is 43.1. The predicted octanol–water partition coefficient (Wildman–Crippen LogP) is 6.71. The SMILES string of the molecule is COCCOCCCOC(=O)c1cc2cc(CC(=O)[C@@H]3[C@H](C4CCCCC4)CCN3C(=O)C3CCC([C@H](C)CF)CC3)ccc2n1C. The Hall–Kier alpha value is -2.78. The van der Waals surface area contributed by atoms with E-state index in [0.29, 0.717) is 50.3 Å². The number of carbonyl (C=O) groups excluding carboxylic acids is 3. The second kappa shape index (κ2) is 17.0. The molecule has 9 heteroatoms. The van der Waals surface area contributed by atoms with Crippen LogP contribution < -0.4 is 0 Å². The molecular formula is C38H55FN2O6. The van der Waals surface area contributed by atoms with Gasteiger partial charge in [0.1, 0.15) is 5.69 Å². The Morgan fingerprint density at radius 1 is 0.936 bits per heavy atom. The van der Waals surface area contributed by atoms with Crippen molar-refractivity contribution in [3.63, 3.8) is 0 Å². The fourth-order valence-electron chi connectivity index (χ4n) is 8.48. The van der Waals surface area contributed by atoms with Gasteiger partial charge in [0.15, 0.2) is 5.78 Å². The van der Waals surface area contributed by atoms with Crippen LogP contribution in [-0.2, 0) is 37.3 Å². The van der Waals surface area contributed by atoms with Crippen molar-refractivity contribution in [2.75, 3.05) is 46.8 Å². The first-order chi connectivity index (χ1) is 22.8. The van der Waals surface area contributed by atoms with Crippen LogP contribution in [0.25, 0.3) is 10.9 Å². The molecule has 0 N–H and O–H groups in total. The Balaban J connectivity index is 1.26. The summed E-state index contributed by atoms with van der Waals surface area (Å²) in [6.07, 6.45) is 11.0. The number of ketones is 1. The lowest BCUT2D eigenvalue weighted by atomic mass is 9.74. The molecule has 1 amide bonds. The van der Waals surface area contributed by atoms with Crippen molar-refractivity contribution in [1.82, 2.24) is 9.47 Å². The normalized spacial score (nSPS) is 24.5. The maximum atomic E-state index is 14.3. The van der Waals surface area contributed by atoms with Gasteiger partial charge in [-0.25, -0.2) is 4.79 Å². The van der Waals surface area contributed by atoms with Crippen molar-refractivity contribution in [2.45, 2.75) is 90.0 Å². The Morgan fingerprint density at radius 3 is 2.43 bits per heavy atom. The minimum atomic E-state index is -0.387. The van der Waals surface area contributed by atoms with Gasteiger partial charge in [-0.2, -0.15) is 0 Å². The van der Waals surface area contributed by atoms with Gasteiger partial charge in [-0.05, 0) is 79.5 Å². The quantitative estimate of drug-likeness (QED) is 0.157. The van der Waals surface area contributed by atoms with Crippen molar-refractivity contribution in [3.8, 4) is 0 Å². The van der Waals surface area contributed by atoms with Crippen LogP contribution in [0, 0.1) is 29.6 Å². The van der Waals surface area contributed by atoms with E-state index in [1.54, 1.807) is 7.11 Å². The molecule has 0 spiro atoms. The number of aryl methyl sites for hydroxylation is 1. The third kappa shape index (κ3) is 8.63. The predicted molar refractivity (Wildman–Crippen MR) is 180 cm³/mol.